The van der Waals surface area contributed by atoms with Crippen LogP contribution in [0, 0.1) is 0 Å². The van der Waals surface area contributed by atoms with Crippen molar-refractivity contribution in [1.29, 1.82) is 0 Å². The van der Waals surface area contributed by atoms with E-state index in [9.17, 15) is 4.79 Å². The van der Waals surface area contributed by atoms with Gasteiger partial charge in [0.15, 0.2) is 17.3 Å². The maximum absolute atomic E-state index is 12.6. The number of aliphatic imine (C=N–C) groups is 1. The van der Waals surface area contributed by atoms with E-state index < -0.39 is 0 Å². The second-order valence-corrected chi connectivity index (χ2v) is 6.50. The molecule has 1 heterocycles. The highest BCUT2D eigenvalue weighted by molar-refractivity contribution is 6.34. The zero-order valence-corrected chi connectivity index (χ0v) is 14.3. The largest absolute Gasteiger partial charge is 0.454 e. The summed E-state index contributed by atoms with van der Waals surface area (Å²) in [4.78, 5) is 17.1. The Morgan fingerprint density at radius 2 is 1.69 bits per heavy atom. The number of halogens is 1. The Bertz CT molecular complexity index is 1100. The molecule has 0 atom stereocenters. The first-order valence-corrected chi connectivity index (χ1v) is 8.50. The van der Waals surface area contributed by atoms with Crippen LogP contribution in [0.25, 0.3) is 11.1 Å². The molecule has 0 unspecified atom stereocenters. The predicted octanol–water partition coefficient (Wildman–Crippen LogP) is 5.03. The van der Waals surface area contributed by atoms with Gasteiger partial charge in [-0.15, -0.1) is 0 Å². The summed E-state index contributed by atoms with van der Waals surface area (Å²) in [5.41, 5.74) is 4.53. The highest BCUT2D eigenvalue weighted by Gasteiger charge is 2.27. The van der Waals surface area contributed by atoms with Crippen LogP contribution in [0.1, 0.15) is 21.5 Å². The number of nitrogens with zero attached hydrogens (tertiary/aromatic N) is 1. The lowest BCUT2D eigenvalue weighted by atomic mass is 10.1. The molecular weight excluding hydrogens is 350 g/mol. The van der Waals surface area contributed by atoms with Gasteiger partial charge in [-0.1, -0.05) is 35.9 Å². The first-order valence-electron chi connectivity index (χ1n) is 8.12. The van der Waals surface area contributed by atoms with Gasteiger partial charge in [0.1, 0.15) is 0 Å². The zero-order valence-electron chi connectivity index (χ0n) is 13.5. The number of hydrogen-bond donors (Lipinski definition) is 0. The van der Waals surface area contributed by atoms with Crippen LogP contribution in [0.3, 0.4) is 0 Å². The van der Waals surface area contributed by atoms with Gasteiger partial charge in [0.25, 0.3) is 0 Å². The van der Waals surface area contributed by atoms with Crippen LogP contribution in [-0.4, -0.2) is 18.8 Å². The molecule has 0 bridgehead atoms. The van der Waals surface area contributed by atoms with Crippen molar-refractivity contribution in [3.63, 3.8) is 0 Å². The maximum atomic E-state index is 12.6. The minimum atomic E-state index is 0.00629. The second kappa shape index (κ2) is 5.71. The third-order valence-corrected chi connectivity index (χ3v) is 4.85. The van der Waals surface area contributed by atoms with Crippen LogP contribution < -0.4 is 9.47 Å². The Morgan fingerprint density at radius 3 is 2.58 bits per heavy atom. The molecule has 0 amide bonds. The molecule has 2 aliphatic rings. The summed E-state index contributed by atoms with van der Waals surface area (Å²) < 4.78 is 10.7. The summed E-state index contributed by atoms with van der Waals surface area (Å²) in [5, 5.41) is 0.505. The van der Waals surface area contributed by atoms with E-state index in [1.54, 1.807) is 12.3 Å². The van der Waals surface area contributed by atoms with Crippen molar-refractivity contribution in [2.24, 2.45) is 4.99 Å². The summed E-state index contributed by atoms with van der Waals surface area (Å²) in [7, 11) is 0. The van der Waals surface area contributed by atoms with Crippen LogP contribution in [0.4, 0.5) is 5.69 Å². The molecule has 0 spiro atoms. The van der Waals surface area contributed by atoms with Gasteiger partial charge in [0.2, 0.25) is 6.79 Å². The Labute approximate surface area is 154 Å². The summed E-state index contributed by atoms with van der Waals surface area (Å²) >= 11 is 6.41. The topological polar surface area (TPSA) is 47.9 Å². The van der Waals surface area contributed by atoms with Crippen molar-refractivity contribution in [3.8, 4) is 22.6 Å². The Hall–Kier alpha value is -3.11. The molecule has 4 nitrogen and oxygen atoms in total. The first-order chi connectivity index (χ1) is 12.7. The Balaban J connectivity index is 1.53. The van der Waals surface area contributed by atoms with E-state index in [4.69, 9.17) is 21.1 Å². The van der Waals surface area contributed by atoms with Crippen LogP contribution >= 0.6 is 11.6 Å². The number of ether oxygens (including phenoxy) is 2. The van der Waals surface area contributed by atoms with E-state index in [-0.39, 0.29) is 12.6 Å². The maximum Gasteiger partial charge on any atom is 0.231 e. The van der Waals surface area contributed by atoms with Crippen molar-refractivity contribution in [2.45, 2.75) is 0 Å². The van der Waals surface area contributed by atoms with Crippen molar-refractivity contribution in [2.75, 3.05) is 6.79 Å². The van der Waals surface area contributed by atoms with Gasteiger partial charge in [-0.05, 0) is 47.0 Å². The molecule has 1 aliphatic carbocycles. The van der Waals surface area contributed by atoms with Crippen molar-refractivity contribution in [3.05, 3.63) is 76.3 Å². The van der Waals surface area contributed by atoms with E-state index in [1.165, 1.54) is 0 Å². The molecule has 0 aromatic heterocycles. The van der Waals surface area contributed by atoms with E-state index in [1.807, 2.05) is 48.5 Å². The molecular formula is C21H12ClNO3. The van der Waals surface area contributed by atoms with Crippen LogP contribution in [-0.2, 0) is 0 Å². The average Bonchev–Trinajstić information content (AvgIpc) is 3.23. The van der Waals surface area contributed by atoms with Crippen LogP contribution in [0.5, 0.6) is 11.5 Å². The first kappa shape index (κ1) is 15.2. The van der Waals surface area contributed by atoms with E-state index >= 15 is 0 Å². The van der Waals surface area contributed by atoms with Crippen molar-refractivity contribution in [1.82, 2.24) is 0 Å². The van der Waals surface area contributed by atoms with Gasteiger partial charge in [-0.3, -0.25) is 9.79 Å². The molecule has 0 saturated carbocycles. The fourth-order valence-corrected chi connectivity index (χ4v) is 3.48. The number of rotatable bonds is 2. The van der Waals surface area contributed by atoms with E-state index in [0.29, 0.717) is 27.6 Å². The molecule has 5 heteroatoms. The minimum absolute atomic E-state index is 0.00629. The highest BCUT2D eigenvalue weighted by atomic mass is 35.5. The Morgan fingerprint density at radius 1 is 0.885 bits per heavy atom. The van der Waals surface area contributed by atoms with Crippen LogP contribution in [0.2, 0.25) is 5.02 Å². The normalized spacial score (nSPS) is 14.0. The fourth-order valence-electron chi connectivity index (χ4n) is 3.27. The molecule has 126 valence electrons. The van der Waals surface area contributed by atoms with E-state index in [2.05, 4.69) is 4.99 Å². The molecule has 26 heavy (non-hydrogen) atoms. The second-order valence-electron chi connectivity index (χ2n) is 6.09. The lowest BCUT2D eigenvalue weighted by Crippen LogP contribution is -1.94. The van der Waals surface area contributed by atoms with Gasteiger partial charge in [0.05, 0.1) is 10.7 Å². The molecule has 5 rings (SSSR count). The summed E-state index contributed by atoms with van der Waals surface area (Å²) in [6.07, 6.45) is 1.70. The SMILES string of the molecule is O=C1c2ccccc2-c2cc(Cl)c(N=Cc3ccc4c(c3)OCO4)cc21. The molecule has 1 aliphatic heterocycles. The average molecular weight is 362 g/mol. The molecule has 0 radical (unpaired) electrons. The number of ketones is 1. The van der Waals surface area contributed by atoms with E-state index in [0.717, 1.165) is 22.4 Å². The van der Waals surface area contributed by atoms with Crippen molar-refractivity contribution >= 4 is 29.3 Å². The fraction of sp³-hybridized carbons (Fsp3) is 0.0476. The third kappa shape index (κ3) is 2.30. The number of carbonyl (C=O) groups excluding carboxylic acids is 1. The monoisotopic (exact) mass is 361 g/mol. The number of carbonyl (C=O) groups is 1. The van der Waals surface area contributed by atoms with Crippen molar-refractivity contribution < 1.29 is 14.3 Å². The quantitative estimate of drug-likeness (QED) is 0.470. The third-order valence-electron chi connectivity index (χ3n) is 4.54. The summed E-state index contributed by atoms with van der Waals surface area (Å²) in [5.74, 6) is 1.42. The Kier molecular flexibility index (Phi) is 3.33. The molecule has 3 aromatic carbocycles. The zero-order chi connectivity index (χ0) is 17.7. The van der Waals surface area contributed by atoms with Gasteiger partial charge in [-0.2, -0.15) is 0 Å². The van der Waals surface area contributed by atoms with Gasteiger partial charge >= 0.3 is 0 Å². The highest BCUT2D eigenvalue weighted by Crippen LogP contribution is 2.41. The lowest BCUT2D eigenvalue weighted by Gasteiger charge is -2.04. The standard InChI is InChI=1S/C21H12ClNO3/c22-17-8-15-13-3-1-2-4-14(13)21(24)16(15)9-18(17)23-10-12-5-6-19-20(7-12)26-11-25-19/h1-10H,11H2. The molecule has 0 fully saturated rings. The predicted molar refractivity (Wildman–Crippen MR) is 100 cm³/mol. The summed E-state index contributed by atoms with van der Waals surface area (Å²) in [6, 6.07) is 16.7. The van der Waals surface area contributed by atoms with Gasteiger partial charge < -0.3 is 9.47 Å². The smallest absolute Gasteiger partial charge is 0.231 e. The molecule has 0 N–H and O–H groups in total. The van der Waals surface area contributed by atoms with Crippen LogP contribution in [0.15, 0.2) is 59.6 Å². The van der Waals surface area contributed by atoms with Gasteiger partial charge in [0, 0.05) is 17.3 Å². The minimum Gasteiger partial charge on any atom is -0.454 e. The molecule has 3 aromatic rings. The number of hydrogen-bond acceptors (Lipinski definition) is 4. The van der Waals surface area contributed by atoms with Gasteiger partial charge in [-0.25, -0.2) is 0 Å². The summed E-state index contributed by atoms with van der Waals surface area (Å²) in [6.45, 7) is 0.231. The number of fused-ring (bicyclic) bond motifs is 4. The number of benzene rings is 3. The molecule has 0 saturated heterocycles. The lowest BCUT2D eigenvalue weighted by molar-refractivity contribution is 0.104.